The second kappa shape index (κ2) is 5.01. The summed E-state index contributed by atoms with van der Waals surface area (Å²) in [6, 6.07) is 4.09. The second-order valence-corrected chi connectivity index (χ2v) is 5.38. The Bertz CT molecular complexity index is 395. The van der Waals surface area contributed by atoms with Gasteiger partial charge in [0, 0.05) is 12.1 Å². The molecule has 0 bridgehead atoms. The number of anilines is 1. The van der Waals surface area contributed by atoms with Crippen LogP contribution < -0.4 is 11.1 Å². The zero-order chi connectivity index (χ0) is 11.7. The van der Waals surface area contributed by atoms with Crippen molar-refractivity contribution in [2.45, 2.75) is 31.3 Å². The first-order valence-electron chi connectivity index (χ1n) is 5.23. The maximum atomic E-state index is 6.08. The molecule has 16 heavy (non-hydrogen) atoms. The van der Waals surface area contributed by atoms with Gasteiger partial charge in [0.25, 0.3) is 0 Å². The van der Waals surface area contributed by atoms with E-state index in [0.717, 1.165) is 24.9 Å². The fourth-order valence-electron chi connectivity index (χ4n) is 2.00. The monoisotopic (exact) mass is 278 g/mol. The average Bonchev–Trinajstić information content (AvgIpc) is 2.60. The summed E-state index contributed by atoms with van der Waals surface area (Å²) in [5.41, 5.74) is 6.68. The van der Waals surface area contributed by atoms with E-state index in [1.807, 2.05) is 0 Å². The van der Waals surface area contributed by atoms with E-state index in [2.05, 4.69) is 5.32 Å². The van der Waals surface area contributed by atoms with Crippen molar-refractivity contribution in [3.05, 3.63) is 27.2 Å². The summed E-state index contributed by atoms with van der Waals surface area (Å²) in [5, 5.41) is 4.93. The van der Waals surface area contributed by atoms with E-state index < -0.39 is 0 Å². The van der Waals surface area contributed by atoms with Crippen LogP contribution in [0.1, 0.15) is 19.3 Å². The van der Waals surface area contributed by atoms with Gasteiger partial charge in [0.05, 0.1) is 20.8 Å². The molecule has 3 N–H and O–H groups in total. The van der Waals surface area contributed by atoms with Crippen LogP contribution in [0.15, 0.2) is 12.1 Å². The third-order valence-corrected chi connectivity index (χ3v) is 3.88. The van der Waals surface area contributed by atoms with Crippen LogP contribution in [-0.4, -0.2) is 12.1 Å². The topological polar surface area (TPSA) is 38.0 Å². The third kappa shape index (κ3) is 2.75. The highest BCUT2D eigenvalue weighted by atomic mass is 35.5. The lowest BCUT2D eigenvalue weighted by atomic mass is 10.2. The molecule has 1 fully saturated rings. The van der Waals surface area contributed by atoms with Crippen molar-refractivity contribution < 1.29 is 0 Å². The number of halogens is 3. The Balaban J connectivity index is 2.12. The SMILES string of the molecule is NC1CCC(Nc2cc(Cl)c(Cl)cc2Cl)C1. The molecule has 1 aromatic carbocycles. The third-order valence-electron chi connectivity index (χ3n) is 2.84. The molecule has 0 aliphatic heterocycles. The molecule has 2 atom stereocenters. The van der Waals surface area contributed by atoms with Crippen LogP contribution >= 0.6 is 34.8 Å². The normalized spacial score (nSPS) is 24.8. The molecule has 0 saturated heterocycles. The summed E-state index contributed by atoms with van der Waals surface area (Å²) >= 11 is 17.9. The number of hydrogen-bond donors (Lipinski definition) is 2. The van der Waals surface area contributed by atoms with Gasteiger partial charge in [0.15, 0.2) is 0 Å². The molecule has 1 aliphatic rings. The summed E-state index contributed by atoms with van der Waals surface area (Å²) in [5.74, 6) is 0. The number of rotatable bonds is 2. The fourth-order valence-corrected chi connectivity index (χ4v) is 2.60. The van der Waals surface area contributed by atoms with Gasteiger partial charge in [-0.3, -0.25) is 0 Å². The van der Waals surface area contributed by atoms with Gasteiger partial charge in [0.1, 0.15) is 0 Å². The van der Waals surface area contributed by atoms with Crippen molar-refractivity contribution in [1.29, 1.82) is 0 Å². The van der Waals surface area contributed by atoms with Crippen LogP contribution in [-0.2, 0) is 0 Å². The molecule has 2 rings (SSSR count). The van der Waals surface area contributed by atoms with Gasteiger partial charge in [-0.15, -0.1) is 0 Å². The molecule has 0 radical (unpaired) electrons. The maximum Gasteiger partial charge on any atom is 0.0653 e. The number of benzene rings is 1. The highest BCUT2D eigenvalue weighted by Gasteiger charge is 2.22. The predicted octanol–water partition coefficient (Wildman–Crippen LogP) is 3.94. The van der Waals surface area contributed by atoms with E-state index in [4.69, 9.17) is 40.5 Å². The van der Waals surface area contributed by atoms with Gasteiger partial charge >= 0.3 is 0 Å². The lowest BCUT2D eigenvalue weighted by molar-refractivity contribution is 0.688. The predicted molar refractivity (Wildman–Crippen MR) is 70.7 cm³/mol. The largest absolute Gasteiger partial charge is 0.381 e. The molecule has 0 aromatic heterocycles. The number of nitrogens with one attached hydrogen (secondary N) is 1. The van der Waals surface area contributed by atoms with Crippen molar-refractivity contribution in [3.8, 4) is 0 Å². The van der Waals surface area contributed by atoms with Crippen LogP contribution in [0.25, 0.3) is 0 Å². The zero-order valence-electron chi connectivity index (χ0n) is 8.64. The first kappa shape index (κ1) is 12.3. The van der Waals surface area contributed by atoms with Crippen molar-refractivity contribution in [3.63, 3.8) is 0 Å². The molecule has 0 spiro atoms. The molecule has 0 amide bonds. The molecule has 1 saturated carbocycles. The quantitative estimate of drug-likeness (QED) is 0.805. The zero-order valence-corrected chi connectivity index (χ0v) is 10.9. The molecule has 88 valence electrons. The van der Waals surface area contributed by atoms with E-state index >= 15 is 0 Å². The Morgan fingerprint density at radius 1 is 1.06 bits per heavy atom. The molecule has 2 nitrogen and oxygen atoms in total. The van der Waals surface area contributed by atoms with E-state index in [0.29, 0.717) is 27.2 Å². The maximum absolute atomic E-state index is 6.08. The van der Waals surface area contributed by atoms with Crippen LogP contribution in [0.5, 0.6) is 0 Å². The first-order valence-corrected chi connectivity index (χ1v) is 6.36. The van der Waals surface area contributed by atoms with Gasteiger partial charge < -0.3 is 11.1 Å². The molecule has 1 aromatic rings. The lowest BCUT2D eigenvalue weighted by Crippen LogP contribution is -2.20. The van der Waals surface area contributed by atoms with Crippen LogP contribution in [0.3, 0.4) is 0 Å². The van der Waals surface area contributed by atoms with Crippen molar-refractivity contribution in [2.75, 3.05) is 5.32 Å². The summed E-state index contributed by atoms with van der Waals surface area (Å²) in [4.78, 5) is 0. The highest BCUT2D eigenvalue weighted by Crippen LogP contribution is 2.34. The van der Waals surface area contributed by atoms with Gasteiger partial charge in [-0.25, -0.2) is 0 Å². The lowest BCUT2D eigenvalue weighted by Gasteiger charge is -2.15. The minimum atomic E-state index is 0.291. The van der Waals surface area contributed by atoms with Crippen molar-refractivity contribution >= 4 is 40.5 Å². The standard InChI is InChI=1S/C11H13Cl3N2/c12-8-4-10(14)11(5-9(8)13)16-7-2-1-6(15)3-7/h4-7,16H,1-3,15H2. The van der Waals surface area contributed by atoms with E-state index in [1.165, 1.54) is 0 Å². The Hall–Kier alpha value is -0.150. The Morgan fingerprint density at radius 3 is 2.38 bits per heavy atom. The summed E-state index contributed by atoms with van der Waals surface area (Å²) < 4.78 is 0. The number of hydrogen-bond acceptors (Lipinski definition) is 2. The molecular weight excluding hydrogens is 266 g/mol. The minimum absolute atomic E-state index is 0.291. The number of nitrogens with two attached hydrogens (primary N) is 1. The van der Waals surface area contributed by atoms with E-state index in [-0.39, 0.29) is 0 Å². The Labute approximate surface area is 110 Å². The molecule has 1 aliphatic carbocycles. The van der Waals surface area contributed by atoms with Gasteiger partial charge in [-0.1, -0.05) is 34.8 Å². The molecule has 0 heterocycles. The van der Waals surface area contributed by atoms with Crippen LogP contribution in [0.2, 0.25) is 15.1 Å². The summed E-state index contributed by atoms with van der Waals surface area (Å²) in [7, 11) is 0. The van der Waals surface area contributed by atoms with Crippen LogP contribution in [0.4, 0.5) is 5.69 Å². The van der Waals surface area contributed by atoms with E-state index in [1.54, 1.807) is 12.1 Å². The fraction of sp³-hybridized carbons (Fsp3) is 0.455. The molecule has 2 unspecified atom stereocenters. The van der Waals surface area contributed by atoms with E-state index in [9.17, 15) is 0 Å². The van der Waals surface area contributed by atoms with Gasteiger partial charge in [-0.05, 0) is 31.4 Å². The van der Waals surface area contributed by atoms with Crippen LogP contribution in [0, 0.1) is 0 Å². The van der Waals surface area contributed by atoms with Crippen molar-refractivity contribution in [2.24, 2.45) is 5.73 Å². The smallest absolute Gasteiger partial charge is 0.0653 e. The molecular formula is C11H13Cl3N2. The van der Waals surface area contributed by atoms with Crippen molar-refractivity contribution in [1.82, 2.24) is 0 Å². The highest BCUT2D eigenvalue weighted by molar-refractivity contribution is 6.44. The van der Waals surface area contributed by atoms with Gasteiger partial charge in [-0.2, -0.15) is 0 Å². The summed E-state index contributed by atoms with van der Waals surface area (Å²) in [6.45, 7) is 0. The average molecular weight is 280 g/mol. The Morgan fingerprint density at radius 2 is 1.75 bits per heavy atom. The Kier molecular flexibility index (Phi) is 3.85. The summed E-state index contributed by atoms with van der Waals surface area (Å²) in [6.07, 6.45) is 3.09. The van der Waals surface area contributed by atoms with Gasteiger partial charge in [0.2, 0.25) is 0 Å². The molecule has 5 heteroatoms. The second-order valence-electron chi connectivity index (χ2n) is 4.16. The minimum Gasteiger partial charge on any atom is -0.381 e. The first-order chi connectivity index (χ1) is 7.56.